The van der Waals surface area contributed by atoms with E-state index in [1.54, 1.807) is 6.92 Å². The van der Waals surface area contributed by atoms with Crippen LogP contribution in [0.15, 0.2) is 24.3 Å². The van der Waals surface area contributed by atoms with E-state index in [1.165, 1.54) is 17.0 Å². The SMILES string of the molecule is C[C@@]1(C(=O)O)CCN(C(=O)Cc2cccc(C(F)(F)F)c2)C1. The second-order valence-corrected chi connectivity index (χ2v) is 5.81. The summed E-state index contributed by atoms with van der Waals surface area (Å²) in [6, 6.07) is 4.62. The number of amides is 1. The van der Waals surface area contributed by atoms with Crippen molar-refractivity contribution in [3.63, 3.8) is 0 Å². The molecule has 120 valence electrons. The Labute approximate surface area is 125 Å². The van der Waals surface area contributed by atoms with Crippen LogP contribution in [0.25, 0.3) is 0 Å². The predicted molar refractivity (Wildman–Crippen MR) is 72.1 cm³/mol. The van der Waals surface area contributed by atoms with Crippen LogP contribution in [0.5, 0.6) is 0 Å². The molecule has 7 heteroatoms. The van der Waals surface area contributed by atoms with Crippen LogP contribution < -0.4 is 0 Å². The van der Waals surface area contributed by atoms with Crippen LogP contribution in [0, 0.1) is 5.41 Å². The molecule has 0 radical (unpaired) electrons. The van der Waals surface area contributed by atoms with Crippen LogP contribution in [0.3, 0.4) is 0 Å². The first-order valence-electron chi connectivity index (χ1n) is 6.79. The van der Waals surface area contributed by atoms with E-state index in [9.17, 15) is 22.8 Å². The average molecular weight is 315 g/mol. The Balaban J connectivity index is 2.06. The van der Waals surface area contributed by atoms with Crippen LogP contribution in [0.4, 0.5) is 13.2 Å². The Kier molecular flexibility index (Phi) is 4.17. The van der Waals surface area contributed by atoms with E-state index in [1.807, 2.05) is 0 Å². The number of carbonyl (C=O) groups excluding carboxylic acids is 1. The van der Waals surface area contributed by atoms with Gasteiger partial charge in [-0.05, 0) is 25.0 Å². The maximum Gasteiger partial charge on any atom is 0.416 e. The van der Waals surface area contributed by atoms with Gasteiger partial charge in [-0.25, -0.2) is 0 Å². The molecule has 1 aromatic rings. The zero-order chi connectivity index (χ0) is 16.5. The fourth-order valence-electron chi connectivity index (χ4n) is 2.49. The van der Waals surface area contributed by atoms with E-state index in [-0.39, 0.29) is 24.4 Å². The molecule has 0 unspecified atom stereocenters. The molecule has 0 aromatic heterocycles. The number of carbonyl (C=O) groups is 2. The quantitative estimate of drug-likeness (QED) is 0.932. The van der Waals surface area contributed by atoms with Crippen molar-refractivity contribution in [1.29, 1.82) is 0 Å². The fraction of sp³-hybridized carbons (Fsp3) is 0.467. The van der Waals surface area contributed by atoms with Crippen molar-refractivity contribution < 1.29 is 27.9 Å². The Morgan fingerprint density at radius 1 is 1.36 bits per heavy atom. The first kappa shape index (κ1) is 16.3. The normalized spacial score (nSPS) is 21.9. The minimum atomic E-state index is -4.45. The van der Waals surface area contributed by atoms with Crippen molar-refractivity contribution in [2.24, 2.45) is 5.41 Å². The topological polar surface area (TPSA) is 57.6 Å². The van der Waals surface area contributed by atoms with Crippen LogP contribution >= 0.6 is 0 Å². The molecule has 2 rings (SSSR count). The van der Waals surface area contributed by atoms with E-state index >= 15 is 0 Å². The van der Waals surface area contributed by atoms with Gasteiger partial charge in [0.25, 0.3) is 0 Å². The van der Waals surface area contributed by atoms with Crippen molar-refractivity contribution in [3.05, 3.63) is 35.4 Å². The number of hydrogen-bond acceptors (Lipinski definition) is 2. The van der Waals surface area contributed by atoms with Gasteiger partial charge in [-0.2, -0.15) is 13.2 Å². The molecule has 22 heavy (non-hydrogen) atoms. The third kappa shape index (κ3) is 3.40. The third-order valence-corrected chi connectivity index (χ3v) is 3.95. The lowest BCUT2D eigenvalue weighted by molar-refractivity contribution is -0.147. The predicted octanol–water partition coefficient (Wildman–Crippen LogP) is 2.57. The molecular formula is C15H16F3NO3. The van der Waals surface area contributed by atoms with Gasteiger partial charge >= 0.3 is 12.1 Å². The molecule has 1 aromatic carbocycles. The second-order valence-electron chi connectivity index (χ2n) is 5.81. The van der Waals surface area contributed by atoms with Gasteiger partial charge in [0.1, 0.15) is 0 Å². The number of nitrogens with zero attached hydrogens (tertiary/aromatic N) is 1. The van der Waals surface area contributed by atoms with Gasteiger partial charge in [-0.3, -0.25) is 9.59 Å². The molecular weight excluding hydrogens is 299 g/mol. The summed E-state index contributed by atoms with van der Waals surface area (Å²) in [7, 11) is 0. The number of carboxylic acids is 1. The molecule has 1 saturated heterocycles. The molecule has 1 aliphatic heterocycles. The number of likely N-dealkylation sites (tertiary alicyclic amines) is 1. The van der Waals surface area contributed by atoms with Crippen molar-refractivity contribution in [3.8, 4) is 0 Å². The molecule has 1 amide bonds. The largest absolute Gasteiger partial charge is 0.481 e. The van der Waals surface area contributed by atoms with E-state index in [2.05, 4.69) is 0 Å². The summed E-state index contributed by atoms with van der Waals surface area (Å²) < 4.78 is 37.9. The number of aliphatic carboxylic acids is 1. The highest BCUT2D eigenvalue weighted by Gasteiger charge is 2.42. The standard InChI is InChI=1S/C15H16F3NO3/c1-14(13(21)22)5-6-19(9-14)12(20)8-10-3-2-4-11(7-10)15(16,17)18/h2-4,7H,5-6,8-9H2,1H3,(H,21,22)/t14-/m1/s1. The highest BCUT2D eigenvalue weighted by molar-refractivity contribution is 5.82. The molecule has 1 fully saturated rings. The first-order valence-corrected chi connectivity index (χ1v) is 6.79. The number of carboxylic acid groups (broad SMARTS) is 1. The number of hydrogen-bond donors (Lipinski definition) is 1. The Bertz CT molecular complexity index is 600. The highest BCUT2D eigenvalue weighted by Crippen LogP contribution is 2.31. The van der Waals surface area contributed by atoms with E-state index in [4.69, 9.17) is 5.11 Å². The van der Waals surface area contributed by atoms with Crippen LogP contribution in [0.1, 0.15) is 24.5 Å². The highest BCUT2D eigenvalue weighted by atomic mass is 19.4. The van der Waals surface area contributed by atoms with E-state index in [0.29, 0.717) is 13.0 Å². The summed E-state index contributed by atoms with van der Waals surface area (Å²) in [5.74, 6) is -1.33. The monoisotopic (exact) mass is 315 g/mol. The summed E-state index contributed by atoms with van der Waals surface area (Å²) in [5, 5.41) is 9.12. The van der Waals surface area contributed by atoms with Gasteiger partial charge in [0, 0.05) is 13.1 Å². The summed E-state index contributed by atoms with van der Waals surface area (Å²) in [5.41, 5.74) is -1.51. The molecule has 0 spiro atoms. The lowest BCUT2D eigenvalue weighted by Crippen LogP contribution is -2.35. The maximum absolute atomic E-state index is 12.6. The lowest BCUT2D eigenvalue weighted by Gasteiger charge is -2.20. The van der Waals surface area contributed by atoms with Crippen LogP contribution in [-0.2, 0) is 22.2 Å². The number of halogens is 3. The zero-order valence-electron chi connectivity index (χ0n) is 12.0. The number of benzene rings is 1. The molecule has 1 N–H and O–H groups in total. The van der Waals surface area contributed by atoms with Gasteiger partial charge in [-0.15, -0.1) is 0 Å². The molecule has 1 atom stereocenters. The van der Waals surface area contributed by atoms with Gasteiger partial charge in [0.15, 0.2) is 0 Å². The first-order chi connectivity index (χ1) is 10.1. The average Bonchev–Trinajstić information content (AvgIpc) is 2.82. The van der Waals surface area contributed by atoms with Gasteiger partial charge in [0.2, 0.25) is 5.91 Å². The van der Waals surface area contributed by atoms with Crippen LogP contribution in [0.2, 0.25) is 0 Å². The Hall–Kier alpha value is -2.05. The lowest BCUT2D eigenvalue weighted by atomic mass is 9.90. The maximum atomic E-state index is 12.6. The van der Waals surface area contributed by atoms with Crippen molar-refractivity contribution >= 4 is 11.9 Å². The van der Waals surface area contributed by atoms with Gasteiger partial charge in [0.05, 0.1) is 17.4 Å². The van der Waals surface area contributed by atoms with Crippen molar-refractivity contribution in [2.75, 3.05) is 13.1 Å². The fourth-order valence-corrected chi connectivity index (χ4v) is 2.49. The van der Waals surface area contributed by atoms with Gasteiger partial charge < -0.3 is 10.0 Å². The third-order valence-electron chi connectivity index (χ3n) is 3.95. The molecule has 0 saturated carbocycles. The molecule has 0 bridgehead atoms. The summed E-state index contributed by atoms with van der Waals surface area (Å²) in [6.45, 7) is 1.95. The zero-order valence-corrected chi connectivity index (χ0v) is 12.0. The van der Waals surface area contributed by atoms with E-state index in [0.717, 1.165) is 12.1 Å². The summed E-state index contributed by atoms with van der Waals surface area (Å²) in [6.07, 6.45) is -4.27. The number of alkyl halides is 3. The second kappa shape index (κ2) is 5.62. The summed E-state index contributed by atoms with van der Waals surface area (Å²) in [4.78, 5) is 24.7. The summed E-state index contributed by atoms with van der Waals surface area (Å²) >= 11 is 0. The minimum Gasteiger partial charge on any atom is -0.481 e. The molecule has 0 aliphatic carbocycles. The van der Waals surface area contributed by atoms with Crippen molar-refractivity contribution in [2.45, 2.75) is 25.9 Å². The minimum absolute atomic E-state index is 0.0835. The van der Waals surface area contributed by atoms with Gasteiger partial charge in [-0.1, -0.05) is 18.2 Å². The van der Waals surface area contributed by atoms with Crippen molar-refractivity contribution in [1.82, 2.24) is 4.90 Å². The smallest absolute Gasteiger partial charge is 0.416 e. The molecule has 1 heterocycles. The Morgan fingerprint density at radius 3 is 2.59 bits per heavy atom. The molecule has 4 nitrogen and oxygen atoms in total. The number of rotatable bonds is 3. The van der Waals surface area contributed by atoms with Crippen LogP contribution in [-0.4, -0.2) is 35.0 Å². The Morgan fingerprint density at radius 2 is 2.05 bits per heavy atom. The molecule has 1 aliphatic rings. The van der Waals surface area contributed by atoms with E-state index < -0.39 is 23.1 Å².